The van der Waals surface area contributed by atoms with E-state index in [2.05, 4.69) is 49.6 Å². The molecular formula is C20H25N3OS2. The molecule has 2 heterocycles. The highest BCUT2D eigenvalue weighted by molar-refractivity contribution is 8.00. The maximum absolute atomic E-state index is 12.3. The van der Waals surface area contributed by atoms with Gasteiger partial charge >= 0.3 is 0 Å². The van der Waals surface area contributed by atoms with Crippen LogP contribution in [-0.4, -0.2) is 17.5 Å². The molecule has 1 aliphatic heterocycles. The van der Waals surface area contributed by atoms with Gasteiger partial charge in [-0.2, -0.15) is 0 Å². The van der Waals surface area contributed by atoms with Gasteiger partial charge in [0.1, 0.15) is 16.2 Å². The number of rotatable bonds is 7. The summed E-state index contributed by atoms with van der Waals surface area (Å²) >= 11 is 3.38. The first-order valence-corrected chi connectivity index (χ1v) is 11.0. The van der Waals surface area contributed by atoms with Crippen molar-refractivity contribution in [2.24, 2.45) is 4.99 Å². The Balaban J connectivity index is 1.63. The molecule has 1 unspecified atom stereocenters. The zero-order chi connectivity index (χ0) is 18.5. The molecule has 0 saturated carbocycles. The van der Waals surface area contributed by atoms with Crippen molar-refractivity contribution in [1.29, 1.82) is 0 Å². The van der Waals surface area contributed by atoms with E-state index in [-0.39, 0.29) is 11.3 Å². The van der Waals surface area contributed by atoms with Crippen LogP contribution in [0, 0.1) is 0 Å². The summed E-state index contributed by atoms with van der Waals surface area (Å²) in [5.41, 5.74) is 3.32. The summed E-state index contributed by atoms with van der Waals surface area (Å²) in [5, 5.41) is 7.58. The minimum Gasteiger partial charge on any atom is -0.335 e. The average molecular weight is 388 g/mol. The number of anilines is 2. The van der Waals surface area contributed by atoms with Crippen molar-refractivity contribution in [1.82, 2.24) is 0 Å². The van der Waals surface area contributed by atoms with Crippen molar-refractivity contribution >= 4 is 45.5 Å². The molecule has 6 heteroatoms. The number of nitrogens with one attached hydrogen (secondary N) is 2. The maximum Gasteiger partial charge on any atom is 0.234 e. The first-order valence-electron chi connectivity index (χ1n) is 9.09. The number of thioether (sulfide) groups is 1. The molecule has 0 fully saturated rings. The van der Waals surface area contributed by atoms with E-state index in [1.807, 2.05) is 12.1 Å². The van der Waals surface area contributed by atoms with Gasteiger partial charge in [-0.3, -0.25) is 9.79 Å². The zero-order valence-corrected chi connectivity index (χ0v) is 17.1. The lowest BCUT2D eigenvalue weighted by Crippen LogP contribution is -2.19. The third-order valence-corrected chi connectivity index (χ3v) is 6.62. The van der Waals surface area contributed by atoms with Gasteiger partial charge < -0.3 is 10.6 Å². The normalized spacial score (nSPS) is 15.8. The minimum absolute atomic E-state index is 0.00836. The van der Waals surface area contributed by atoms with Gasteiger partial charge in [-0.15, -0.1) is 23.1 Å². The van der Waals surface area contributed by atoms with E-state index in [4.69, 9.17) is 4.99 Å². The number of aliphatic imine (C=N–C) groups is 1. The third-order valence-electron chi connectivity index (χ3n) is 4.31. The summed E-state index contributed by atoms with van der Waals surface area (Å²) in [7, 11) is 0. The molecule has 0 radical (unpaired) electrons. The number of carbonyl (C=O) groups excluding carboxylic acids is 1. The van der Waals surface area contributed by atoms with Gasteiger partial charge in [-0.1, -0.05) is 32.9 Å². The van der Waals surface area contributed by atoms with Gasteiger partial charge in [0.15, 0.2) is 0 Å². The highest BCUT2D eigenvalue weighted by atomic mass is 32.2. The summed E-state index contributed by atoms with van der Waals surface area (Å²) in [5.74, 6) is 1.39. The van der Waals surface area contributed by atoms with E-state index in [0.29, 0.717) is 5.75 Å². The predicted molar refractivity (Wildman–Crippen MR) is 115 cm³/mol. The summed E-state index contributed by atoms with van der Waals surface area (Å²) in [6.07, 6.45) is 2.89. The smallest absolute Gasteiger partial charge is 0.234 e. The quantitative estimate of drug-likeness (QED) is 0.662. The van der Waals surface area contributed by atoms with Crippen molar-refractivity contribution in [3.8, 4) is 0 Å². The molecule has 138 valence electrons. The largest absolute Gasteiger partial charge is 0.335 e. The Hall–Kier alpha value is -1.79. The van der Waals surface area contributed by atoms with Crippen LogP contribution in [0.2, 0.25) is 0 Å². The molecule has 1 amide bonds. The lowest BCUT2D eigenvalue weighted by atomic mass is 10.1. The van der Waals surface area contributed by atoms with Gasteiger partial charge in [0.25, 0.3) is 0 Å². The highest BCUT2D eigenvalue weighted by Gasteiger charge is 2.24. The number of nitrogens with zero attached hydrogens (tertiary/aromatic N) is 1. The first-order chi connectivity index (χ1) is 12.6. The molecule has 4 nitrogen and oxygen atoms in total. The van der Waals surface area contributed by atoms with Crippen LogP contribution >= 0.6 is 23.1 Å². The number of amides is 1. The lowest BCUT2D eigenvalue weighted by Gasteiger charge is -2.21. The molecule has 2 aromatic rings. The Morgan fingerprint density at radius 2 is 1.96 bits per heavy atom. The molecule has 1 aliphatic rings. The zero-order valence-electron chi connectivity index (χ0n) is 15.5. The Bertz CT molecular complexity index is 796. The fourth-order valence-corrected chi connectivity index (χ4v) is 4.84. The van der Waals surface area contributed by atoms with Crippen LogP contribution in [0.1, 0.15) is 48.6 Å². The Kier molecular flexibility index (Phi) is 6.38. The number of carbonyl (C=O) groups is 1. The minimum atomic E-state index is -0.00836. The summed E-state index contributed by atoms with van der Waals surface area (Å²) < 4.78 is 0. The van der Waals surface area contributed by atoms with Crippen LogP contribution in [0.15, 0.2) is 35.3 Å². The Labute approximate surface area is 163 Å². The highest BCUT2D eigenvalue weighted by Crippen LogP contribution is 2.43. The van der Waals surface area contributed by atoms with Gasteiger partial charge in [0.2, 0.25) is 5.91 Å². The molecule has 1 aromatic carbocycles. The van der Waals surface area contributed by atoms with Crippen molar-refractivity contribution in [3.63, 3.8) is 0 Å². The van der Waals surface area contributed by atoms with Crippen LogP contribution in [0.4, 0.5) is 10.7 Å². The number of fused-ring (bicyclic) bond motifs is 1. The van der Waals surface area contributed by atoms with E-state index >= 15 is 0 Å². The summed E-state index contributed by atoms with van der Waals surface area (Å²) in [6, 6.07) is 10.3. The van der Waals surface area contributed by atoms with Gasteiger partial charge in [-0.05, 0) is 36.6 Å². The van der Waals surface area contributed by atoms with Crippen LogP contribution in [0.3, 0.4) is 0 Å². The van der Waals surface area contributed by atoms with E-state index in [1.165, 1.54) is 21.0 Å². The van der Waals surface area contributed by atoms with E-state index in [1.54, 1.807) is 23.1 Å². The van der Waals surface area contributed by atoms with E-state index in [9.17, 15) is 4.79 Å². The molecule has 1 aromatic heterocycles. The molecular weight excluding hydrogens is 362 g/mol. The predicted octanol–water partition coefficient (Wildman–Crippen LogP) is 5.48. The second kappa shape index (κ2) is 8.73. The summed E-state index contributed by atoms with van der Waals surface area (Å²) in [6.45, 7) is 6.38. The number of aryl methyl sites for hydroxylation is 2. The maximum atomic E-state index is 12.3. The SMILES string of the molecule is CCC1=NC(SCC(=O)Nc2ccc(CC)cc2)c2cc(CC)sc2N1. The second-order valence-corrected chi connectivity index (χ2v) is 8.37. The topological polar surface area (TPSA) is 53.5 Å². The average Bonchev–Trinajstić information content (AvgIpc) is 3.10. The first kappa shape index (κ1) is 19.0. The fraction of sp³-hybridized carbons (Fsp3) is 0.400. The summed E-state index contributed by atoms with van der Waals surface area (Å²) in [4.78, 5) is 18.5. The molecule has 0 spiro atoms. The molecule has 0 bridgehead atoms. The molecule has 1 atom stereocenters. The number of thiophene rings is 1. The molecule has 26 heavy (non-hydrogen) atoms. The van der Waals surface area contributed by atoms with Crippen molar-refractivity contribution in [2.75, 3.05) is 16.4 Å². The van der Waals surface area contributed by atoms with Gasteiger partial charge in [-0.25, -0.2) is 0 Å². The molecule has 2 N–H and O–H groups in total. The molecule has 0 saturated heterocycles. The number of benzene rings is 1. The Morgan fingerprint density at radius 1 is 1.19 bits per heavy atom. The van der Waals surface area contributed by atoms with Crippen LogP contribution < -0.4 is 10.6 Å². The number of hydrogen-bond donors (Lipinski definition) is 2. The van der Waals surface area contributed by atoms with Crippen molar-refractivity contribution in [2.45, 2.75) is 45.4 Å². The van der Waals surface area contributed by atoms with Gasteiger partial charge in [0, 0.05) is 22.5 Å². The fourth-order valence-electron chi connectivity index (χ4n) is 2.77. The van der Waals surface area contributed by atoms with Crippen LogP contribution in [0.5, 0.6) is 0 Å². The molecule has 0 aliphatic carbocycles. The second-order valence-electron chi connectivity index (χ2n) is 6.17. The van der Waals surface area contributed by atoms with Crippen LogP contribution in [-0.2, 0) is 17.6 Å². The standard InChI is InChI=1S/C20H25N3OS2/c1-4-13-7-9-14(10-8-13)21-18(24)12-25-19-16-11-15(5-2)26-20(16)23-17(6-3)22-19/h7-11,19H,4-6,12H2,1-3H3,(H,21,24)(H,22,23). The third kappa shape index (κ3) is 4.48. The van der Waals surface area contributed by atoms with Crippen molar-refractivity contribution in [3.05, 3.63) is 46.3 Å². The monoisotopic (exact) mass is 387 g/mol. The number of hydrogen-bond acceptors (Lipinski definition) is 5. The van der Waals surface area contributed by atoms with Crippen molar-refractivity contribution < 1.29 is 4.79 Å². The van der Waals surface area contributed by atoms with Crippen LogP contribution in [0.25, 0.3) is 0 Å². The Morgan fingerprint density at radius 3 is 2.62 bits per heavy atom. The van der Waals surface area contributed by atoms with Gasteiger partial charge in [0.05, 0.1) is 5.75 Å². The van der Waals surface area contributed by atoms with E-state index < -0.39 is 0 Å². The lowest BCUT2D eigenvalue weighted by molar-refractivity contribution is -0.113. The molecule has 3 rings (SSSR count). The van der Waals surface area contributed by atoms with E-state index in [0.717, 1.165) is 30.8 Å². The number of amidine groups is 1.